The van der Waals surface area contributed by atoms with E-state index >= 15 is 0 Å². The van der Waals surface area contributed by atoms with Gasteiger partial charge in [0.2, 0.25) is 0 Å². The molecule has 0 heterocycles. The highest BCUT2D eigenvalue weighted by Gasteiger charge is 2.31. The van der Waals surface area contributed by atoms with Crippen LogP contribution in [0.2, 0.25) is 0 Å². The van der Waals surface area contributed by atoms with Crippen molar-refractivity contribution in [2.24, 2.45) is 0 Å². The van der Waals surface area contributed by atoms with E-state index in [1.807, 2.05) is 0 Å². The van der Waals surface area contributed by atoms with Crippen LogP contribution in [0.25, 0.3) is 0 Å². The maximum atomic E-state index is 12.9. The summed E-state index contributed by atoms with van der Waals surface area (Å²) in [7, 11) is 0. The van der Waals surface area contributed by atoms with Gasteiger partial charge in [0.15, 0.2) is 12.2 Å². The number of ether oxygens (including phenoxy) is 4. The summed E-state index contributed by atoms with van der Waals surface area (Å²) in [6, 6.07) is 0. The number of hydrogen-bond donors (Lipinski definition) is 0. The van der Waals surface area contributed by atoms with E-state index in [4.69, 9.17) is 18.9 Å². The molecule has 0 aliphatic rings. The van der Waals surface area contributed by atoms with Gasteiger partial charge in [0, 0.05) is 25.7 Å². The summed E-state index contributed by atoms with van der Waals surface area (Å²) in [4.78, 5) is 51.2. The van der Waals surface area contributed by atoms with E-state index in [-0.39, 0.29) is 50.8 Å². The van der Waals surface area contributed by atoms with Crippen molar-refractivity contribution in [3.8, 4) is 0 Å². The summed E-state index contributed by atoms with van der Waals surface area (Å²) in [6.07, 6.45) is 23.8. The van der Waals surface area contributed by atoms with Crippen molar-refractivity contribution in [2.75, 3.05) is 13.2 Å². The molecule has 48 heavy (non-hydrogen) atoms. The minimum atomic E-state index is -1.05. The van der Waals surface area contributed by atoms with Gasteiger partial charge in [-0.15, -0.1) is 0 Å². The van der Waals surface area contributed by atoms with Crippen LogP contribution in [0.1, 0.15) is 207 Å². The third-order valence-electron chi connectivity index (χ3n) is 8.74. The van der Waals surface area contributed by atoms with Crippen molar-refractivity contribution >= 4 is 23.9 Å². The molecule has 0 fully saturated rings. The van der Waals surface area contributed by atoms with Gasteiger partial charge in [-0.25, -0.2) is 0 Å². The first-order chi connectivity index (χ1) is 23.4. The number of carbonyl (C=O) groups excluding carboxylic acids is 4. The Morgan fingerprint density at radius 1 is 0.333 bits per heavy atom. The number of carbonyl (C=O) groups is 4. The van der Waals surface area contributed by atoms with Gasteiger partial charge in [-0.2, -0.15) is 0 Å². The molecule has 0 aromatic rings. The fourth-order valence-electron chi connectivity index (χ4n) is 5.58. The molecule has 0 spiro atoms. The van der Waals surface area contributed by atoms with Crippen molar-refractivity contribution < 1.29 is 38.1 Å². The van der Waals surface area contributed by atoms with E-state index in [2.05, 4.69) is 27.7 Å². The van der Waals surface area contributed by atoms with Gasteiger partial charge in [-0.1, -0.05) is 156 Å². The molecule has 0 amide bonds. The first kappa shape index (κ1) is 45.9. The quantitative estimate of drug-likeness (QED) is 0.0369. The first-order valence-corrected chi connectivity index (χ1v) is 20.1. The Morgan fingerprint density at radius 3 is 0.833 bits per heavy atom. The lowest BCUT2D eigenvalue weighted by molar-refractivity contribution is -0.183. The van der Waals surface area contributed by atoms with Crippen molar-refractivity contribution in [3.05, 3.63) is 0 Å². The molecule has 0 radical (unpaired) electrons. The van der Waals surface area contributed by atoms with E-state index < -0.39 is 24.1 Å². The van der Waals surface area contributed by atoms with Crippen LogP contribution in [0.15, 0.2) is 0 Å². The van der Waals surface area contributed by atoms with E-state index in [0.29, 0.717) is 12.8 Å². The largest absolute Gasteiger partial charge is 0.462 e. The normalized spacial score (nSPS) is 12.3. The number of rotatable bonds is 35. The number of unbranched alkanes of at least 4 members (excludes halogenated alkanes) is 20. The highest BCUT2D eigenvalue weighted by molar-refractivity contribution is 5.72. The molecule has 0 unspecified atom stereocenters. The van der Waals surface area contributed by atoms with E-state index in [9.17, 15) is 19.2 Å². The zero-order chi connectivity index (χ0) is 35.5. The molecule has 0 aromatic carbocycles. The Kier molecular flexibility index (Phi) is 33.2. The smallest absolute Gasteiger partial charge is 0.306 e. The van der Waals surface area contributed by atoms with Gasteiger partial charge in [0.05, 0.1) is 0 Å². The zero-order valence-corrected chi connectivity index (χ0v) is 31.6. The Balaban J connectivity index is 5.40. The highest BCUT2D eigenvalue weighted by Crippen LogP contribution is 2.16. The van der Waals surface area contributed by atoms with Crippen molar-refractivity contribution in [1.29, 1.82) is 0 Å². The molecule has 0 rings (SSSR count). The number of hydrogen-bond acceptors (Lipinski definition) is 8. The minimum absolute atomic E-state index is 0.227. The van der Waals surface area contributed by atoms with Gasteiger partial charge in [0.1, 0.15) is 13.2 Å². The average Bonchev–Trinajstić information content (AvgIpc) is 3.07. The summed E-state index contributed by atoms with van der Waals surface area (Å²) in [5, 5.41) is 0. The second-order valence-electron chi connectivity index (χ2n) is 13.5. The van der Waals surface area contributed by atoms with Crippen LogP contribution in [0.3, 0.4) is 0 Å². The SMILES string of the molecule is CCCCCCCCC(=O)OC[C@H](OC(=O)CCCCCCCC)[C@@H](COC(=O)CCCCCCCC)OC(=O)CCCCCCCC. The van der Waals surface area contributed by atoms with Crippen molar-refractivity contribution in [3.63, 3.8) is 0 Å². The molecule has 0 aliphatic heterocycles. The van der Waals surface area contributed by atoms with Crippen LogP contribution in [-0.2, 0) is 38.1 Å². The molecule has 8 heteroatoms. The van der Waals surface area contributed by atoms with Crippen LogP contribution in [0.4, 0.5) is 0 Å². The molecule has 0 saturated heterocycles. The summed E-state index contributed by atoms with van der Waals surface area (Å²) >= 11 is 0. The van der Waals surface area contributed by atoms with Gasteiger partial charge in [0.25, 0.3) is 0 Å². The highest BCUT2D eigenvalue weighted by atomic mass is 16.6. The van der Waals surface area contributed by atoms with Crippen LogP contribution in [0.5, 0.6) is 0 Å². The molecule has 0 aliphatic carbocycles. The van der Waals surface area contributed by atoms with E-state index in [1.165, 1.54) is 38.5 Å². The summed E-state index contributed by atoms with van der Waals surface area (Å²) in [6.45, 7) is 8.18. The zero-order valence-electron chi connectivity index (χ0n) is 31.6. The van der Waals surface area contributed by atoms with Crippen LogP contribution >= 0.6 is 0 Å². The second-order valence-corrected chi connectivity index (χ2v) is 13.5. The third kappa shape index (κ3) is 30.0. The monoisotopic (exact) mass is 683 g/mol. The third-order valence-corrected chi connectivity index (χ3v) is 8.74. The molecule has 0 bridgehead atoms. The first-order valence-electron chi connectivity index (χ1n) is 20.1. The average molecular weight is 683 g/mol. The lowest BCUT2D eigenvalue weighted by Crippen LogP contribution is -2.42. The maximum Gasteiger partial charge on any atom is 0.306 e. The molecule has 0 N–H and O–H groups in total. The van der Waals surface area contributed by atoms with Gasteiger partial charge < -0.3 is 18.9 Å². The molecular weight excluding hydrogens is 608 g/mol. The fourth-order valence-corrected chi connectivity index (χ4v) is 5.58. The van der Waals surface area contributed by atoms with Crippen LogP contribution in [-0.4, -0.2) is 49.3 Å². The molecule has 0 saturated carbocycles. The standard InChI is InChI=1S/C40H74O8/c1-5-9-13-17-21-25-29-37(41)45-33-35(47-39(43)31-27-23-19-15-11-7-3)36(48-40(44)32-28-24-20-16-12-8-4)34-46-38(42)30-26-22-18-14-10-6-2/h35-36H,5-34H2,1-4H3/t35-,36+. The molecule has 8 nitrogen and oxygen atoms in total. The topological polar surface area (TPSA) is 105 Å². The summed E-state index contributed by atoms with van der Waals surface area (Å²) in [5.74, 6) is -1.62. The lowest BCUT2D eigenvalue weighted by Gasteiger charge is -2.27. The Hall–Kier alpha value is -2.12. The molecule has 282 valence electrons. The Labute approximate surface area is 294 Å². The maximum absolute atomic E-state index is 12.9. The van der Waals surface area contributed by atoms with E-state index in [0.717, 1.165) is 103 Å². The van der Waals surface area contributed by atoms with Crippen molar-refractivity contribution in [2.45, 2.75) is 220 Å². The summed E-state index contributed by atoms with van der Waals surface area (Å²) in [5.41, 5.74) is 0. The van der Waals surface area contributed by atoms with Crippen molar-refractivity contribution in [1.82, 2.24) is 0 Å². The second kappa shape index (κ2) is 34.7. The van der Waals surface area contributed by atoms with Gasteiger partial charge in [-0.3, -0.25) is 19.2 Å². The molecule has 2 atom stereocenters. The predicted molar refractivity (Wildman–Crippen MR) is 194 cm³/mol. The molecule has 0 aromatic heterocycles. The Bertz CT molecular complexity index is 719. The fraction of sp³-hybridized carbons (Fsp3) is 0.900. The summed E-state index contributed by atoms with van der Waals surface area (Å²) < 4.78 is 22.8. The number of esters is 4. The lowest BCUT2D eigenvalue weighted by atomic mass is 10.1. The van der Waals surface area contributed by atoms with E-state index in [1.54, 1.807) is 0 Å². The van der Waals surface area contributed by atoms with Gasteiger partial charge >= 0.3 is 23.9 Å². The van der Waals surface area contributed by atoms with Crippen LogP contribution in [0, 0.1) is 0 Å². The van der Waals surface area contributed by atoms with Crippen LogP contribution < -0.4 is 0 Å². The predicted octanol–water partition coefficient (Wildman–Crippen LogP) is 10.9. The van der Waals surface area contributed by atoms with Gasteiger partial charge in [-0.05, 0) is 25.7 Å². The minimum Gasteiger partial charge on any atom is -0.462 e. The Morgan fingerprint density at radius 2 is 0.562 bits per heavy atom. The molecular formula is C40H74O8.